The highest BCUT2D eigenvalue weighted by Gasteiger charge is 2.10. The molecule has 0 saturated carbocycles. The van der Waals surface area contributed by atoms with E-state index >= 15 is 0 Å². The fraction of sp³-hybridized carbons (Fsp3) is 0.538. The van der Waals surface area contributed by atoms with Gasteiger partial charge in [0.2, 0.25) is 0 Å². The molecule has 1 aromatic rings. The predicted octanol–water partition coefficient (Wildman–Crippen LogP) is 1.11. The van der Waals surface area contributed by atoms with Crippen molar-refractivity contribution in [3.8, 4) is 5.75 Å². The van der Waals surface area contributed by atoms with Crippen LogP contribution in [0.1, 0.15) is 6.92 Å². The average Bonchev–Trinajstić information content (AvgIpc) is 2.28. The van der Waals surface area contributed by atoms with Gasteiger partial charge in [0.05, 0.1) is 19.3 Å². The van der Waals surface area contributed by atoms with Gasteiger partial charge in [-0.05, 0) is 13.0 Å². The molecule has 0 saturated heterocycles. The van der Waals surface area contributed by atoms with Gasteiger partial charge in [-0.15, -0.1) is 0 Å². The Hall–Kier alpha value is -1.46. The molecule has 0 fully saturated rings. The summed E-state index contributed by atoms with van der Waals surface area (Å²) in [6, 6.07) is 5.54. The molecule has 0 heterocycles. The molecule has 0 radical (unpaired) electrons. The number of ether oxygens (including phenoxy) is 2. The number of nitrogens with two attached hydrogens (primary N) is 1. The lowest BCUT2D eigenvalue weighted by Gasteiger charge is -2.23. The van der Waals surface area contributed by atoms with Crippen LogP contribution in [0.5, 0.6) is 5.75 Å². The summed E-state index contributed by atoms with van der Waals surface area (Å²) in [7, 11) is 3.46. The molecule has 102 valence electrons. The summed E-state index contributed by atoms with van der Waals surface area (Å²) in [5, 5.41) is 9.69. The molecule has 0 aromatic heterocycles. The third-order valence-electron chi connectivity index (χ3n) is 2.51. The number of aliphatic hydroxyl groups excluding tert-OH is 1. The summed E-state index contributed by atoms with van der Waals surface area (Å²) in [6.07, 6.45) is -0.531. The van der Waals surface area contributed by atoms with Gasteiger partial charge in [-0.3, -0.25) is 0 Å². The van der Waals surface area contributed by atoms with E-state index in [0.717, 1.165) is 11.4 Å². The molecule has 0 amide bonds. The minimum atomic E-state index is -0.531. The summed E-state index contributed by atoms with van der Waals surface area (Å²) in [6.45, 7) is 3.31. The van der Waals surface area contributed by atoms with Gasteiger partial charge in [0.1, 0.15) is 5.75 Å². The molecular weight excluding hydrogens is 232 g/mol. The Morgan fingerprint density at radius 1 is 1.39 bits per heavy atom. The van der Waals surface area contributed by atoms with Crippen molar-refractivity contribution in [2.24, 2.45) is 0 Å². The van der Waals surface area contributed by atoms with E-state index in [1.165, 1.54) is 0 Å². The highest BCUT2D eigenvalue weighted by molar-refractivity contribution is 5.60. The van der Waals surface area contributed by atoms with Crippen molar-refractivity contribution in [2.75, 3.05) is 44.5 Å². The van der Waals surface area contributed by atoms with Crippen molar-refractivity contribution in [3.05, 3.63) is 18.2 Å². The fourth-order valence-corrected chi connectivity index (χ4v) is 1.74. The van der Waals surface area contributed by atoms with E-state index in [2.05, 4.69) is 0 Å². The van der Waals surface area contributed by atoms with Gasteiger partial charge >= 0.3 is 0 Å². The van der Waals surface area contributed by atoms with Gasteiger partial charge in [-0.1, -0.05) is 0 Å². The van der Waals surface area contributed by atoms with Crippen LogP contribution < -0.4 is 15.4 Å². The van der Waals surface area contributed by atoms with E-state index in [1.807, 2.05) is 31.0 Å². The van der Waals surface area contributed by atoms with Gasteiger partial charge in [0, 0.05) is 44.2 Å². The van der Waals surface area contributed by atoms with E-state index in [4.69, 9.17) is 15.2 Å². The first-order chi connectivity index (χ1) is 8.56. The van der Waals surface area contributed by atoms with Crippen LogP contribution in [0.15, 0.2) is 18.2 Å². The van der Waals surface area contributed by atoms with Gasteiger partial charge in [-0.25, -0.2) is 0 Å². The normalized spacial score (nSPS) is 12.2. The van der Waals surface area contributed by atoms with Gasteiger partial charge in [0.25, 0.3) is 0 Å². The summed E-state index contributed by atoms with van der Waals surface area (Å²) < 4.78 is 10.3. The average molecular weight is 254 g/mol. The number of aliphatic hydroxyl groups is 1. The SMILES string of the molecule is CCOc1cc(N)cc(N(C)CC(O)COC)c1. The second-order valence-corrected chi connectivity index (χ2v) is 4.18. The Bertz CT molecular complexity index is 371. The number of nitrogens with zero attached hydrogens (tertiary/aromatic N) is 1. The molecule has 0 aliphatic rings. The number of rotatable bonds is 7. The van der Waals surface area contributed by atoms with E-state index in [9.17, 15) is 5.11 Å². The van der Waals surface area contributed by atoms with Gasteiger partial charge in [-0.2, -0.15) is 0 Å². The smallest absolute Gasteiger partial charge is 0.123 e. The first-order valence-electron chi connectivity index (χ1n) is 5.98. The van der Waals surface area contributed by atoms with Crippen molar-refractivity contribution in [2.45, 2.75) is 13.0 Å². The van der Waals surface area contributed by atoms with Crippen LogP contribution in [0.4, 0.5) is 11.4 Å². The van der Waals surface area contributed by atoms with E-state index < -0.39 is 6.10 Å². The Morgan fingerprint density at radius 3 is 2.72 bits per heavy atom. The molecule has 5 heteroatoms. The van der Waals surface area contributed by atoms with E-state index in [0.29, 0.717) is 25.4 Å². The van der Waals surface area contributed by atoms with Crippen LogP contribution in [-0.2, 0) is 4.74 Å². The van der Waals surface area contributed by atoms with Gasteiger partial charge < -0.3 is 25.2 Å². The van der Waals surface area contributed by atoms with Gasteiger partial charge in [0.15, 0.2) is 0 Å². The molecular formula is C13H22N2O3. The van der Waals surface area contributed by atoms with Crippen molar-refractivity contribution >= 4 is 11.4 Å². The molecule has 1 atom stereocenters. The van der Waals surface area contributed by atoms with Crippen molar-refractivity contribution < 1.29 is 14.6 Å². The molecule has 0 aliphatic heterocycles. The van der Waals surface area contributed by atoms with Crippen LogP contribution in [0.2, 0.25) is 0 Å². The number of benzene rings is 1. The Balaban J connectivity index is 2.74. The Labute approximate surface area is 108 Å². The van der Waals surface area contributed by atoms with Crippen molar-refractivity contribution in [1.29, 1.82) is 0 Å². The highest BCUT2D eigenvalue weighted by Crippen LogP contribution is 2.25. The van der Waals surface area contributed by atoms with E-state index in [-0.39, 0.29) is 0 Å². The quantitative estimate of drug-likeness (QED) is 0.713. The number of nitrogen functional groups attached to an aromatic ring is 1. The lowest BCUT2D eigenvalue weighted by atomic mass is 10.2. The van der Waals surface area contributed by atoms with Crippen LogP contribution in [-0.4, -0.2) is 45.1 Å². The number of hydrogen-bond donors (Lipinski definition) is 2. The zero-order valence-electron chi connectivity index (χ0n) is 11.2. The lowest BCUT2D eigenvalue weighted by molar-refractivity contribution is 0.0695. The van der Waals surface area contributed by atoms with E-state index in [1.54, 1.807) is 13.2 Å². The maximum atomic E-state index is 9.69. The molecule has 18 heavy (non-hydrogen) atoms. The second-order valence-electron chi connectivity index (χ2n) is 4.18. The first-order valence-corrected chi connectivity index (χ1v) is 5.98. The fourth-order valence-electron chi connectivity index (χ4n) is 1.74. The third kappa shape index (κ3) is 4.43. The topological polar surface area (TPSA) is 68.0 Å². The molecule has 0 bridgehead atoms. The van der Waals surface area contributed by atoms with Crippen LogP contribution in [0.25, 0.3) is 0 Å². The molecule has 1 unspecified atom stereocenters. The maximum Gasteiger partial charge on any atom is 0.123 e. The molecule has 3 N–H and O–H groups in total. The number of anilines is 2. The predicted molar refractivity (Wildman–Crippen MR) is 73.2 cm³/mol. The molecule has 1 rings (SSSR count). The summed E-state index contributed by atoms with van der Waals surface area (Å²) in [4.78, 5) is 1.92. The highest BCUT2D eigenvalue weighted by atomic mass is 16.5. The summed E-state index contributed by atoms with van der Waals surface area (Å²) in [5.74, 6) is 0.737. The third-order valence-corrected chi connectivity index (χ3v) is 2.51. The standard InChI is InChI=1S/C13H22N2O3/c1-4-18-13-6-10(14)5-11(7-13)15(2)8-12(16)9-17-3/h5-7,12,16H,4,8-9,14H2,1-3H3. The van der Waals surface area contributed by atoms with Crippen LogP contribution in [0.3, 0.4) is 0 Å². The number of likely N-dealkylation sites (N-methyl/N-ethyl adjacent to an activating group) is 1. The zero-order chi connectivity index (χ0) is 13.5. The molecule has 0 spiro atoms. The van der Waals surface area contributed by atoms with Crippen LogP contribution >= 0.6 is 0 Å². The monoisotopic (exact) mass is 254 g/mol. The Morgan fingerprint density at radius 2 is 2.11 bits per heavy atom. The van der Waals surface area contributed by atoms with Crippen molar-refractivity contribution in [3.63, 3.8) is 0 Å². The molecule has 5 nitrogen and oxygen atoms in total. The number of hydrogen-bond acceptors (Lipinski definition) is 5. The lowest BCUT2D eigenvalue weighted by Crippen LogP contribution is -2.31. The Kier molecular flexibility index (Phi) is 5.74. The summed E-state index contributed by atoms with van der Waals surface area (Å²) in [5.41, 5.74) is 7.38. The first kappa shape index (κ1) is 14.6. The minimum Gasteiger partial charge on any atom is -0.494 e. The van der Waals surface area contributed by atoms with Crippen molar-refractivity contribution in [1.82, 2.24) is 0 Å². The maximum absolute atomic E-state index is 9.69. The molecule has 0 aliphatic carbocycles. The minimum absolute atomic E-state index is 0.310. The second kappa shape index (κ2) is 7.08. The molecule has 1 aromatic carbocycles. The van der Waals surface area contributed by atoms with Crippen LogP contribution in [0, 0.1) is 0 Å². The zero-order valence-corrected chi connectivity index (χ0v) is 11.2. The summed E-state index contributed by atoms with van der Waals surface area (Å²) >= 11 is 0. The number of methoxy groups -OCH3 is 1. The largest absolute Gasteiger partial charge is 0.494 e.